The summed E-state index contributed by atoms with van der Waals surface area (Å²) in [6, 6.07) is 0.464. The molecule has 0 saturated carbocycles. The van der Waals surface area contributed by atoms with Crippen molar-refractivity contribution in [2.24, 2.45) is 0 Å². The van der Waals surface area contributed by atoms with Crippen molar-refractivity contribution < 1.29 is 0 Å². The van der Waals surface area contributed by atoms with Crippen molar-refractivity contribution in [2.45, 2.75) is 52.1 Å². The molecule has 0 aromatic carbocycles. The van der Waals surface area contributed by atoms with Gasteiger partial charge in [0.25, 0.3) is 0 Å². The Balaban J connectivity index is 4.20. The van der Waals surface area contributed by atoms with Gasteiger partial charge in [-0.2, -0.15) is 0 Å². The number of hydrogen-bond donors (Lipinski definition) is 1. The standard InChI is InChI=1S/C10H19N/c1-6-10(7-2,8-3)11-9(4)5/h1,9,11H,7-8H2,2-5H3. The Labute approximate surface area is 70.6 Å². The number of terminal acetylenes is 1. The first kappa shape index (κ1) is 10.5. The highest BCUT2D eigenvalue weighted by molar-refractivity contribution is 5.12. The summed E-state index contributed by atoms with van der Waals surface area (Å²) in [4.78, 5) is 0. The Kier molecular flexibility index (Phi) is 4.22. The SMILES string of the molecule is C#CC(CC)(CC)NC(C)C. The fourth-order valence-electron chi connectivity index (χ4n) is 1.25. The van der Waals surface area contributed by atoms with E-state index >= 15 is 0 Å². The summed E-state index contributed by atoms with van der Waals surface area (Å²) in [5, 5.41) is 3.41. The van der Waals surface area contributed by atoms with Gasteiger partial charge in [0.15, 0.2) is 0 Å². The van der Waals surface area contributed by atoms with E-state index in [0.717, 1.165) is 12.8 Å². The van der Waals surface area contributed by atoms with Crippen LogP contribution in [0.2, 0.25) is 0 Å². The van der Waals surface area contributed by atoms with Crippen LogP contribution in [0, 0.1) is 12.3 Å². The molecule has 0 saturated heterocycles. The summed E-state index contributed by atoms with van der Waals surface area (Å²) >= 11 is 0. The molecular formula is C10H19N. The van der Waals surface area contributed by atoms with Crippen LogP contribution in [0.25, 0.3) is 0 Å². The normalized spacial score (nSPS) is 11.6. The third-order valence-corrected chi connectivity index (χ3v) is 2.05. The van der Waals surface area contributed by atoms with Crippen molar-refractivity contribution in [3.05, 3.63) is 0 Å². The van der Waals surface area contributed by atoms with Gasteiger partial charge < -0.3 is 0 Å². The van der Waals surface area contributed by atoms with E-state index in [2.05, 4.69) is 38.9 Å². The van der Waals surface area contributed by atoms with Gasteiger partial charge >= 0.3 is 0 Å². The molecule has 0 bridgehead atoms. The monoisotopic (exact) mass is 153 g/mol. The average Bonchev–Trinajstić information content (AvgIpc) is 2.00. The van der Waals surface area contributed by atoms with Gasteiger partial charge in [-0.25, -0.2) is 0 Å². The fraction of sp³-hybridized carbons (Fsp3) is 0.800. The van der Waals surface area contributed by atoms with Crippen LogP contribution in [0.5, 0.6) is 0 Å². The first-order valence-corrected chi connectivity index (χ1v) is 4.35. The van der Waals surface area contributed by atoms with E-state index in [1.807, 2.05) is 0 Å². The van der Waals surface area contributed by atoms with Crippen molar-refractivity contribution in [3.63, 3.8) is 0 Å². The van der Waals surface area contributed by atoms with Crippen LogP contribution in [-0.2, 0) is 0 Å². The Hall–Kier alpha value is -0.480. The minimum atomic E-state index is -0.0752. The molecule has 0 aliphatic heterocycles. The van der Waals surface area contributed by atoms with Crippen LogP contribution in [0.4, 0.5) is 0 Å². The molecule has 0 unspecified atom stereocenters. The van der Waals surface area contributed by atoms with Crippen molar-refractivity contribution in [2.75, 3.05) is 0 Å². The third-order valence-electron chi connectivity index (χ3n) is 2.05. The maximum atomic E-state index is 5.46. The lowest BCUT2D eigenvalue weighted by atomic mass is 9.93. The highest BCUT2D eigenvalue weighted by Crippen LogP contribution is 2.14. The topological polar surface area (TPSA) is 12.0 Å². The summed E-state index contributed by atoms with van der Waals surface area (Å²) in [5.41, 5.74) is -0.0752. The van der Waals surface area contributed by atoms with Crippen molar-refractivity contribution in [3.8, 4) is 12.3 Å². The van der Waals surface area contributed by atoms with Crippen LogP contribution in [0.15, 0.2) is 0 Å². The van der Waals surface area contributed by atoms with Gasteiger partial charge in [-0.05, 0) is 26.7 Å². The average molecular weight is 153 g/mol. The Morgan fingerprint density at radius 1 is 1.36 bits per heavy atom. The molecule has 1 heteroatoms. The van der Waals surface area contributed by atoms with E-state index in [1.54, 1.807) is 0 Å². The van der Waals surface area contributed by atoms with Crippen LogP contribution >= 0.6 is 0 Å². The molecular weight excluding hydrogens is 134 g/mol. The molecule has 0 radical (unpaired) electrons. The second-order valence-electron chi connectivity index (χ2n) is 3.23. The molecule has 0 aromatic heterocycles. The highest BCUT2D eigenvalue weighted by atomic mass is 15.0. The third kappa shape index (κ3) is 2.95. The molecule has 0 fully saturated rings. The Bertz CT molecular complexity index is 137. The van der Waals surface area contributed by atoms with E-state index in [-0.39, 0.29) is 5.54 Å². The molecule has 0 rings (SSSR count). The summed E-state index contributed by atoms with van der Waals surface area (Å²) < 4.78 is 0. The molecule has 0 spiro atoms. The number of hydrogen-bond acceptors (Lipinski definition) is 1. The fourth-order valence-corrected chi connectivity index (χ4v) is 1.25. The van der Waals surface area contributed by atoms with Gasteiger partial charge in [0.2, 0.25) is 0 Å². The zero-order chi connectivity index (χ0) is 8.91. The summed E-state index contributed by atoms with van der Waals surface area (Å²) in [5.74, 6) is 2.84. The molecule has 1 N–H and O–H groups in total. The molecule has 0 heterocycles. The minimum Gasteiger partial charge on any atom is -0.299 e. The van der Waals surface area contributed by atoms with Crippen molar-refractivity contribution in [1.29, 1.82) is 0 Å². The lowest BCUT2D eigenvalue weighted by Gasteiger charge is -2.29. The van der Waals surface area contributed by atoms with E-state index < -0.39 is 0 Å². The van der Waals surface area contributed by atoms with Gasteiger partial charge in [-0.1, -0.05) is 19.8 Å². The zero-order valence-corrected chi connectivity index (χ0v) is 8.07. The van der Waals surface area contributed by atoms with E-state index in [1.165, 1.54) is 0 Å². The van der Waals surface area contributed by atoms with E-state index in [9.17, 15) is 0 Å². The van der Waals surface area contributed by atoms with Crippen LogP contribution in [0.3, 0.4) is 0 Å². The highest BCUT2D eigenvalue weighted by Gasteiger charge is 2.22. The second kappa shape index (κ2) is 4.41. The van der Waals surface area contributed by atoms with Gasteiger partial charge in [-0.15, -0.1) is 6.42 Å². The lowest BCUT2D eigenvalue weighted by Crippen LogP contribution is -2.46. The second-order valence-corrected chi connectivity index (χ2v) is 3.23. The first-order valence-electron chi connectivity index (χ1n) is 4.35. The Morgan fingerprint density at radius 3 is 1.91 bits per heavy atom. The molecule has 1 nitrogen and oxygen atoms in total. The number of nitrogens with one attached hydrogen (secondary N) is 1. The predicted octanol–water partition coefficient (Wildman–Crippen LogP) is 2.18. The van der Waals surface area contributed by atoms with Gasteiger partial charge in [-0.3, -0.25) is 5.32 Å². The first-order chi connectivity index (χ1) is 5.10. The summed E-state index contributed by atoms with van der Waals surface area (Å²) in [6.45, 7) is 8.49. The van der Waals surface area contributed by atoms with Gasteiger partial charge in [0, 0.05) is 6.04 Å². The number of rotatable bonds is 4. The summed E-state index contributed by atoms with van der Waals surface area (Å²) in [6.07, 6.45) is 7.46. The zero-order valence-electron chi connectivity index (χ0n) is 8.07. The van der Waals surface area contributed by atoms with Crippen molar-refractivity contribution >= 4 is 0 Å². The van der Waals surface area contributed by atoms with Crippen LogP contribution in [0.1, 0.15) is 40.5 Å². The molecule has 0 aliphatic carbocycles. The maximum absolute atomic E-state index is 5.46. The molecule has 64 valence electrons. The maximum Gasteiger partial charge on any atom is 0.0794 e. The molecule has 0 aromatic rings. The van der Waals surface area contributed by atoms with Crippen LogP contribution in [-0.4, -0.2) is 11.6 Å². The smallest absolute Gasteiger partial charge is 0.0794 e. The molecule has 0 amide bonds. The van der Waals surface area contributed by atoms with E-state index in [0.29, 0.717) is 6.04 Å². The molecule has 0 aliphatic rings. The predicted molar refractivity (Wildman–Crippen MR) is 50.4 cm³/mol. The largest absolute Gasteiger partial charge is 0.299 e. The van der Waals surface area contributed by atoms with Gasteiger partial charge in [0.05, 0.1) is 5.54 Å². The lowest BCUT2D eigenvalue weighted by molar-refractivity contribution is 0.359. The minimum absolute atomic E-state index is 0.0752. The van der Waals surface area contributed by atoms with Crippen molar-refractivity contribution in [1.82, 2.24) is 5.32 Å². The Morgan fingerprint density at radius 2 is 1.82 bits per heavy atom. The quantitative estimate of drug-likeness (QED) is 0.610. The van der Waals surface area contributed by atoms with E-state index in [4.69, 9.17) is 6.42 Å². The molecule has 0 atom stereocenters. The molecule has 11 heavy (non-hydrogen) atoms. The van der Waals surface area contributed by atoms with Crippen LogP contribution < -0.4 is 5.32 Å². The van der Waals surface area contributed by atoms with Gasteiger partial charge in [0.1, 0.15) is 0 Å². The summed E-state index contributed by atoms with van der Waals surface area (Å²) in [7, 11) is 0.